The molecule has 0 radical (unpaired) electrons. The summed E-state index contributed by atoms with van der Waals surface area (Å²) in [6, 6.07) is 10.4. The van der Waals surface area contributed by atoms with E-state index in [1.165, 1.54) is 12.0 Å². The largest absolute Gasteiger partial charge is 0.445 e. The number of benzene rings is 1. The molecule has 3 nitrogen and oxygen atoms in total. The number of rotatable bonds is 3. The first-order valence-corrected chi connectivity index (χ1v) is 8.07. The summed E-state index contributed by atoms with van der Waals surface area (Å²) in [5, 5.41) is 0. The molecular weight excluding hydrogens is 274 g/mol. The van der Waals surface area contributed by atoms with Gasteiger partial charge in [-0.05, 0) is 37.7 Å². The van der Waals surface area contributed by atoms with Gasteiger partial charge in [0.2, 0.25) is 0 Å². The van der Waals surface area contributed by atoms with Crippen molar-refractivity contribution in [3.63, 3.8) is 0 Å². The fraction of sp³-hybridized carbons (Fsp3) is 0.421. The highest BCUT2D eigenvalue weighted by Gasteiger charge is 2.39. The van der Waals surface area contributed by atoms with Crippen LogP contribution in [-0.2, 0) is 11.3 Å². The summed E-state index contributed by atoms with van der Waals surface area (Å²) in [6.07, 6.45) is 9.09. The molecule has 2 atom stereocenters. The average Bonchev–Trinajstić information content (AvgIpc) is 2.53. The summed E-state index contributed by atoms with van der Waals surface area (Å²) in [5.74, 6) is 0. The molecular formula is C19H23NO2. The van der Waals surface area contributed by atoms with Crippen LogP contribution in [0.15, 0.2) is 54.6 Å². The van der Waals surface area contributed by atoms with Crippen molar-refractivity contribution in [2.24, 2.45) is 0 Å². The van der Waals surface area contributed by atoms with Gasteiger partial charge >= 0.3 is 6.09 Å². The monoisotopic (exact) mass is 297 g/mol. The number of carbonyl (C=O) groups excluding carboxylic acids is 1. The van der Waals surface area contributed by atoms with E-state index in [4.69, 9.17) is 4.74 Å². The first kappa shape index (κ1) is 14.9. The molecule has 0 N–H and O–H groups in total. The number of fused-ring (bicyclic) bond motifs is 2. The lowest BCUT2D eigenvalue weighted by Crippen LogP contribution is -2.53. The lowest BCUT2D eigenvalue weighted by Gasteiger charge is -2.46. The predicted octanol–water partition coefficient (Wildman–Crippen LogP) is 4.45. The zero-order valence-electron chi connectivity index (χ0n) is 12.9. The van der Waals surface area contributed by atoms with E-state index in [1.807, 2.05) is 41.3 Å². The number of carbonyl (C=O) groups is 1. The van der Waals surface area contributed by atoms with Crippen molar-refractivity contribution < 1.29 is 9.53 Å². The topological polar surface area (TPSA) is 29.5 Å². The van der Waals surface area contributed by atoms with E-state index >= 15 is 0 Å². The molecule has 2 unspecified atom stereocenters. The van der Waals surface area contributed by atoms with Gasteiger partial charge in [-0.25, -0.2) is 4.79 Å². The Hall–Kier alpha value is -2.03. The second kappa shape index (κ2) is 6.82. The molecule has 2 saturated heterocycles. The van der Waals surface area contributed by atoms with Crippen molar-refractivity contribution >= 4 is 6.09 Å². The summed E-state index contributed by atoms with van der Waals surface area (Å²) in [6.45, 7) is 4.14. The van der Waals surface area contributed by atoms with Crippen LogP contribution in [0, 0.1) is 0 Å². The van der Waals surface area contributed by atoms with Crippen LogP contribution in [-0.4, -0.2) is 23.1 Å². The van der Waals surface area contributed by atoms with E-state index in [0.29, 0.717) is 18.7 Å². The maximum Gasteiger partial charge on any atom is 0.410 e. The molecule has 116 valence electrons. The second-order valence-corrected chi connectivity index (χ2v) is 6.15. The number of amides is 1. The zero-order chi connectivity index (χ0) is 15.4. The summed E-state index contributed by atoms with van der Waals surface area (Å²) in [5.41, 5.74) is 2.45. The summed E-state index contributed by atoms with van der Waals surface area (Å²) in [4.78, 5) is 14.5. The number of piperidine rings is 2. The van der Waals surface area contributed by atoms with Gasteiger partial charge in [0.15, 0.2) is 0 Å². The Labute approximate surface area is 132 Å². The van der Waals surface area contributed by atoms with Crippen molar-refractivity contribution in [1.29, 1.82) is 0 Å². The lowest BCUT2D eigenvalue weighted by molar-refractivity contribution is 0.0313. The van der Waals surface area contributed by atoms with Gasteiger partial charge in [0, 0.05) is 12.1 Å². The molecule has 2 fully saturated rings. The lowest BCUT2D eigenvalue weighted by atomic mass is 9.82. The van der Waals surface area contributed by atoms with Crippen LogP contribution in [0.1, 0.15) is 37.7 Å². The van der Waals surface area contributed by atoms with Gasteiger partial charge in [-0.3, -0.25) is 0 Å². The highest BCUT2D eigenvalue weighted by atomic mass is 16.6. The van der Waals surface area contributed by atoms with Crippen molar-refractivity contribution in [3.05, 3.63) is 60.2 Å². The van der Waals surface area contributed by atoms with Crippen LogP contribution >= 0.6 is 0 Å². The molecule has 0 saturated carbocycles. The third kappa shape index (κ3) is 3.24. The van der Waals surface area contributed by atoms with E-state index in [0.717, 1.165) is 31.2 Å². The molecule has 1 aromatic carbocycles. The standard InChI is InChI=1S/C19H23NO2/c1-2-7-16-12-17-10-6-11-18(13-16)20(17)19(21)22-14-15-8-4-3-5-9-15/h2-5,7-9,17-18H,1,6,10-14H2. The van der Waals surface area contributed by atoms with E-state index in [2.05, 4.69) is 12.7 Å². The van der Waals surface area contributed by atoms with Crippen molar-refractivity contribution in [2.75, 3.05) is 0 Å². The third-order valence-corrected chi connectivity index (χ3v) is 4.63. The number of nitrogens with zero attached hydrogens (tertiary/aromatic N) is 1. The highest BCUT2D eigenvalue weighted by molar-refractivity contribution is 5.69. The van der Waals surface area contributed by atoms with E-state index < -0.39 is 0 Å². The number of hydrogen-bond donors (Lipinski definition) is 0. The molecule has 22 heavy (non-hydrogen) atoms. The smallest absolute Gasteiger partial charge is 0.410 e. The minimum atomic E-state index is -0.156. The Morgan fingerprint density at radius 3 is 2.55 bits per heavy atom. The number of allylic oxidation sites excluding steroid dienone is 2. The van der Waals surface area contributed by atoms with Gasteiger partial charge in [-0.2, -0.15) is 0 Å². The van der Waals surface area contributed by atoms with Gasteiger partial charge < -0.3 is 9.64 Å². The van der Waals surface area contributed by atoms with Crippen LogP contribution in [0.3, 0.4) is 0 Å². The fourth-order valence-electron chi connectivity index (χ4n) is 3.65. The van der Waals surface area contributed by atoms with Crippen LogP contribution in [0.2, 0.25) is 0 Å². The molecule has 0 aromatic heterocycles. The van der Waals surface area contributed by atoms with Crippen molar-refractivity contribution in [1.82, 2.24) is 4.90 Å². The average molecular weight is 297 g/mol. The second-order valence-electron chi connectivity index (χ2n) is 6.15. The van der Waals surface area contributed by atoms with Crippen LogP contribution in [0.25, 0.3) is 0 Å². The van der Waals surface area contributed by atoms with Crippen LogP contribution < -0.4 is 0 Å². The Morgan fingerprint density at radius 2 is 1.91 bits per heavy atom. The van der Waals surface area contributed by atoms with Gasteiger partial charge in [0.05, 0.1) is 0 Å². The molecule has 2 aliphatic rings. The Bertz CT molecular complexity index is 548. The zero-order valence-corrected chi connectivity index (χ0v) is 12.9. The van der Waals surface area contributed by atoms with Crippen LogP contribution in [0.4, 0.5) is 4.79 Å². The van der Waals surface area contributed by atoms with Gasteiger partial charge in [0.25, 0.3) is 0 Å². The molecule has 2 aliphatic heterocycles. The SMILES string of the molecule is C=CC=C1CC2CCCC(C1)N2C(=O)OCc1ccccc1. The summed E-state index contributed by atoms with van der Waals surface area (Å²) >= 11 is 0. The fourth-order valence-corrected chi connectivity index (χ4v) is 3.65. The maximum atomic E-state index is 12.5. The molecule has 0 spiro atoms. The molecule has 0 aliphatic carbocycles. The summed E-state index contributed by atoms with van der Waals surface area (Å²) in [7, 11) is 0. The number of hydrogen-bond acceptors (Lipinski definition) is 2. The quantitative estimate of drug-likeness (QED) is 0.824. The number of ether oxygens (including phenoxy) is 1. The molecule has 2 bridgehead atoms. The minimum absolute atomic E-state index is 0.156. The Morgan fingerprint density at radius 1 is 1.23 bits per heavy atom. The third-order valence-electron chi connectivity index (χ3n) is 4.63. The molecule has 3 heteroatoms. The summed E-state index contributed by atoms with van der Waals surface area (Å²) < 4.78 is 5.55. The first-order valence-electron chi connectivity index (χ1n) is 8.07. The normalized spacial score (nSPS) is 23.8. The molecule has 1 amide bonds. The van der Waals surface area contributed by atoms with E-state index in [9.17, 15) is 4.79 Å². The van der Waals surface area contributed by atoms with Gasteiger partial charge in [-0.15, -0.1) is 0 Å². The molecule has 1 aromatic rings. The van der Waals surface area contributed by atoms with E-state index in [1.54, 1.807) is 0 Å². The first-order chi connectivity index (χ1) is 10.8. The molecule has 3 rings (SSSR count). The molecule has 2 heterocycles. The van der Waals surface area contributed by atoms with Gasteiger partial charge in [0.1, 0.15) is 6.61 Å². The van der Waals surface area contributed by atoms with Gasteiger partial charge in [-0.1, -0.05) is 54.6 Å². The van der Waals surface area contributed by atoms with Crippen LogP contribution in [0.5, 0.6) is 0 Å². The Kier molecular flexibility index (Phi) is 4.62. The maximum absolute atomic E-state index is 12.5. The highest BCUT2D eigenvalue weighted by Crippen LogP contribution is 2.37. The van der Waals surface area contributed by atoms with Crippen molar-refractivity contribution in [3.8, 4) is 0 Å². The Balaban J connectivity index is 1.65. The predicted molar refractivity (Wildman–Crippen MR) is 87.4 cm³/mol. The van der Waals surface area contributed by atoms with E-state index in [-0.39, 0.29) is 6.09 Å². The minimum Gasteiger partial charge on any atom is -0.445 e. The van der Waals surface area contributed by atoms with Crippen molar-refractivity contribution in [2.45, 2.75) is 50.8 Å².